The van der Waals surface area contributed by atoms with Crippen molar-refractivity contribution in [3.8, 4) is 0 Å². The highest BCUT2D eigenvalue weighted by Gasteiger charge is 2.23. The van der Waals surface area contributed by atoms with Gasteiger partial charge in [0.25, 0.3) is 0 Å². The number of rotatable bonds is 4. The van der Waals surface area contributed by atoms with Crippen LogP contribution in [0, 0.1) is 5.82 Å². The van der Waals surface area contributed by atoms with Crippen LogP contribution in [0.2, 0.25) is 0 Å². The lowest BCUT2D eigenvalue weighted by Crippen LogP contribution is -2.44. The summed E-state index contributed by atoms with van der Waals surface area (Å²) >= 11 is 0. The molecular weight excluding hydrogens is 271 g/mol. The van der Waals surface area contributed by atoms with E-state index in [1.807, 2.05) is 6.07 Å². The van der Waals surface area contributed by atoms with Crippen molar-refractivity contribution in [3.63, 3.8) is 0 Å². The van der Waals surface area contributed by atoms with E-state index in [9.17, 15) is 4.39 Å². The van der Waals surface area contributed by atoms with Crippen LogP contribution in [0.4, 0.5) is 10.1 Å². The van der Waals surface area contributed by atoms with Gasteiger partial charge in [0.2, 0.25) is 0 Å². The van der Waals surface area contributed by atoms with Crippen molar-refractivity contribution in [2.75, 3.05) is 38.4 Å². The van der Waals surface area contributed by atoms with E-state index in [0.29, 0.717) is 24.6 Å². The van der Waals surface area contributed by atoms with E-state index in [1.54, 1.807) is 12.1 Å². The monoisotopic (exact) mass is 294 g/mol. The van der Waals surface area contributed by atoms with E-state index in [-0.39, 0.29) is 5.82 Å². The maximum atomic E-state index is 13.6. The summed E-state index contributed by atoms with van der Waals surface area (Å²) in [4.78, 5) is 2.44. The van der Waals surface area contributed by atoms with Crippen molar-refractivity contribution >= 4 is 5.69 Å². The highest BCUT2D eigenvalue weighted by atomic mass is 19.1. The number of hydrogen-bond acceptors (Lipinski definition) is 4. The van der Waals surface area contributed by atoms with Crippen LogP contribution in [-0.2, 0) is 9.47 Å². The Hall–Kier alpha value is -1.17. The first-order valence-electron chi connectivity index (χ1n) is 7.74. The maximum absolute atomic E-state index is 13.6. The van der Waals surface area contributed by atoms with E-state index in [0.717, 1.165) is 45.5 Å². The smallest absolute Gasteiger partial charge is 0.147 e. The number of halogens is 1. The predicted molar refractivity (Wildman–Crippen MR) is 79.8 cm³/mol. The molecule has 2 saturated heterocycles. The molecule has 0 bridgehead atoms. The van der Waals surface area contributed by atoms with Gasteiger partial charge in [-0.05, 0) is 31.4 Å². The Balaban J connectivity index is 1.43. The number of ether oxygens (including phenoxy) is 2. The predicted octanol–water partition coefficient (Wildman–Crippen LogP) is 2.47. The normalized spacial score (nSPS) is 24.9. The van der Waals surface area contributed by atoms with Gasteiger partial charge >= 0.3 is 0 Å². The van der Waals surface area contributed by atoms with E-state index in [1.165, 1.54) is 6.07 Å². The Bertz CT molecular complexity index is 444. The highest BCUT2D eigenvalue weighted by Crippen LogP contribution is 2.20. The first-order chi connectivity index (χ1) is 10.3. The summed E-state index contributed by atoms with van der Waals surface area (Å²) in [5.74, 6) is -0.171. The Kier molecular flexibility index (Phi) is 5.06. The fraction of sp³-hybridized carbons (Fsp3) is 0.625. The number of hydrogen-bond donors (Lipinski definition) is 1. The molecule has 0 saturated carbocycles. The van der Waals surface area contributed by atoms with Crippen LogP contribution >= 0.6 is 0 Å². The third kappa shape index (κ3) is 4.15. The van der Waals surface area contributed by atoms with Gasteiger partial charge in [0.15, 0.2) is 0 Å². The second-order valence-corrected chi connectivity index (χ2v) is 5.80. The summed E-state index contributed by atoms with van der Waals surface area (Å²) in [5, 5.41) is 3.32. The van der Waals surface area contributed by atoms with E-state index >= 15 is 0 Å². The fourth-order valence-corrected chi connectivity index (χ4v) is 2.99. The Morgan fingerprint density at radius 1 is 1.19 bits per heavy atom. The number of nitrogens with one attached hydrogen (secondary N) is 1. The first kappa shape index (κ1) is 14.8. The van der Waals surface area contributed by atoms with E-state index < -0.39 is 0 Å². The van der Waals surface area contributed by atoms with Crippen LogP contribution in [-0.4, -0.2) is 50.1 Å². The molecule has 5 heteroatoms. The largest absolute Gasteiger partial charge is 0.380 e. The molecule has 2 fully saturated rings. The van der Waals surface area contributed by atoms with E-state index in [2.05, 4.69) is 10.2 Å². The number of para-hydroxylation sites is 1. The quantitative estimate of drug-likeness (QED) is 0.925. The summed E-state index contributed by atoms with van der Waals surface area (Å²) in [7, 11) is 0. The van der Waals surface area contributed by atoms with E-state index in [4.69, 9.17) is 9.47 Å². The minimum atomic E-state index is -0.171. The van der Waals surface area contributed by atoms with Gasteiger partial charge in [-0.3, -0.25) is 0 Å². The standard InChI is InChI=1S/C16H23FN2O2/c17-15-3-1-2-4-16(15)18-13-5-8-19(9-6-13)11-14-7-10-20-12-21-14/h1-4,13-14,18H,5-12H2. The number of nitrogens with zero attached hydrogens (tertiary/aromatic N) is 1. The molecule has 2 aliphatic heterocycles. The Labute approximate surface area is 125 Å². The summed E-state index contributed by atoms with van der Waals surface area (Å²) in [6.07, 6.45) is 3.36. The van der Waals surface area contributed by atoms with Crippen LogP contribution in [0.15, 0.2) is 24.3 Å². The van der Waals surface area contributed by atoms with Crippen LogP contribution < -0.4 is 5.32 Å². The average molecular weight is 294 g/mol. The molecule has 0 spiro atoms. The van der Waals surface area contributed by atoms with Crippen molar-refractivity contribution in [1.29, 1.82) is 0 Å². The molecule has 4 nitrogen and oxygen atoms in total. The molecule has 1 N–H and O–H groups in total. The molecule has 2 aliphatic rings. The average Bonchev–Trinajstić information content (AvgIpc) is 2.52. The number of anilines is 1. The van der Waals surface area contributed by atoms with Crippen molar-refractivity contribution in [2.45, 2.75) is 31.4 Å². The molecule has 116 valence electrons. The van der Waals surface area contributed by atoms with Crippen molar-refractivity contribution in [1.82, 2.24) is 4.90 Å². The Morgan fingerprint density at radius 2 is 2.00 bits per heavy atom. The van der Waals surface area contributed by atoms with Gasteiger partial charge in [-0.15, -0.1) is 0 Å². The second kappa shape index (κ2) is 7.20. The highest BCUT2D eigenvalue weighted by molar-refractivity contribution is 5.45. The van der Waals surface area contributed by atoms with Gasteiger partial charge in [0, 0.05) is 25.7 Å². The molecule has 0 radical (unpaired) electrons. The molecule has 0 amide bonds. The molecule has 1 atom stereocenters. The zero-order valence-corrected chi connectivity index (χ0v) is 12.3. The lowest BCUT2D eigenvalue weighted by atomic mass is 10.0. The van der Waals surface area contributed by atoms with Crippen LogP contribution in [0.5, 0.6) is 0 Å². The van der Waals surface area contributed by atoms with Gasteiger partial charge in [-0.1, -0.05) is 12.1 Å². The molecular formula is C16H23FN2O2. The summed E-state index contributed by atoms with van der Waals surface area (Å²) in [6.45, 7) is 4.28. The molecule has 3 rings (SSSR count). The number of piperidine rings is 1. The van der Waals surface area contributed by atoms with Crippen molar-refractivity contribution < 1.29 is 13.9 Å². The lowest BCUT2D eigenvalue weighted by Gasteiger charge is -2.35. The van der Waals surface area contributed by atoms with Crippen molar-refractivity contribution in [3.05, 3.63) is 30.1 Å². The number of likely N-dealkylation sites (tertiary alicyclic amines) is 1. The first-order valence-corrected chi connectivity index (χ1v) is 7.74. The molecule has 1 unspecified atom stereocenters. The lowest BCUT2D eigenvalue weighted by molar-refractivity contribution is -0.145. The summed E-state index contributed by atoms with van der Waals surface area (Å²) in [6, 6.07) is 7.24. The molecule has 21 heavy (non-hydrogen) atoms. The van der Waals surface area contributed by atoms with Gasteiger partial charge in [0.05, 0.1) is 18.4 Å². The third-order valence-corrected chi connectivity index (χ3v) is 4.25. The van der Waals surface area contributed by atoms with Gasteiger partial charge in [-0.2, -0.15) is 0 Å². The molecule has 1 aromatic rings. The molecule has 0 aliphatic carbocycles. The molecule has 1 aromatic carbocycles. The molecule has 0 aromatic heterocycles. The van der Waals surface area contributed by atoms with Gasteiger partial charge < -0.3 is 19.7 Å². The Morgan fingerprint density at radius 3 is 2.71 bits per heavy atom. The topological polar surface area (TPSA) is 33.7 Å². The van der Waals surface area contributed by atoms with Crippen molar-refractivity contribution in [2.24, 2.45) is 0 Å². The van der Waals surface area contributed by atoms with Crippen LogP contribution in [0.3, 0.4) is 0 Å². The van der Waals surface area contributed by atoms with Crippen LogP contribution in [0.25, 0.3) is 0 Å². The molecule has 2 heterocycles. The second-order valence-electron chi connectivity index (χ2n) is 5.80. The van der Waals surface area contributed by atoms with Gasteiger partial charge in [-0.25, -0.2) is 4.39 Å². The zero-order chi connectivity index (χ0) is 14.5. The summed E-state index contributed by atoms with van der Waals surface area (Å²) < 4.78 is 24.4. The number of benzene rings is 1. The minimum absolute atomic E-state index is 0.171. The van der Waals surface area contributed by atoms with Gasteiger partial charge in [0.1, 0.15) is 12.6 Å². The maximum Gasteiger partial charge on any atom is 0.147 e. The summed E-state index contributed by atoms with van der Waals surface area (Å²) in [5.41, 5.74) is 0.615. The zero-order valence-electron chi connectivity index (χ0n) is 12.3. The fourth-order valence-electron chi connectivity index (χ4n) is 2.99. The third-order valence-electron chi connectivity index (χ3n) is 4.25. The minimum Gasteiger partial charge on any atom is -0.380 e. The van der Waals surface area contributed by atoms with Crippen LogP contribution in [0.1, 0.15) is 19.3 Å². The SMILES string of the molecule is Fc1ccccc1NC1CCN(CC2CCOCO2)CC1.